The molecule has 266 valence electrons. The molecule has 9 nitrogen and oxygen atoms in total. The number of rotatable bonds is 7. The van der Waals surface area contributed by atoms with Crippen LogP contribution in [0.15, 0.2) is 36.4 Å². The highest BCUT2D eigenvalue weighted by molar-refractivity contribution is 6.04. The number of pyridine rings is 1. The van der Waals surface area contributed by atoms with Gasteiger partial charge in [-0.25, -0.2) is 13.8 Å². The number of nitrogens with zero attached hydrogens (tertiary/aromatic N) is 5. The summed E-state index contributed by atoms with van der Waals surface area (Å²) in [6.45, 7) is 4.09. The molecule has 4 aliphatic rings. The van der Waals surface area contributed by atoms with Gasteiger partial charge in [0.25, 0.3) is 0 Å². The lowest BCUT2D eigenvalue weighted by Gasteiger charge is -2.40. The number of piperazine rings is 1. The third-order valence-electron chi connectivity index (χ3n) is 10.5. The zero-order valence-electron chi connectivity index (χ0n) is 27.7. The summed E-state index contributed by atoms with van der Waals surface area (Å²) in [5, 5.41) is 14.9. The Hall–Kier alpha value is -4.74. The molecule has 2 aromatic carbocycles. The quantitative estimate of drug-likeness (QED) is 0.137. The average Bonchev–Trinajstić information content (AvgIpc) is 3.74. The standard InChI is InChI=1S/C37H35F5N6O3/c1-3-5-26-27-17-50-34-29-32(30(39)31(44-34)24-15-22(49)14-20-6-7-25(38)23(4-2)28(20)24)45-35(46-33(29)48(27)13-11-43-26)51-19-36(9-10-36)18-47-12-8-21(16-47)37(40,41)42/h2-3,5-7,14-15,21,26-27,43,49H,8-13,16-19H2,1H3/b5-3+/t21-,26?,27-/m1/s1. The van der Waals surface area contributed by atoms with Crippen molar-refractivity contribution in [3.63, 3.8) is 0 Å². The number of aromatic hydroxyl groups is 1. The number of benzene rings is 2. The molecule has 4 aromatic rings. The fourth-order valence-corrected chi connectivity index (χ4v) is 7.74. The minimum Gasteiger partial charge on any atom is -0.508 e. The highest BCUT2D eigenvalue weighted by Gasteiger charge is 2.49. The Bertz CT molecular complexity index is 2110. The van der Waals surface area contributed by atoms with E-state index in [1.807, 2.05) is 28.9 Å². The van der Waals surface area contributed by atoms with Crippen LogP contribution in [0.25, 0.3) is 32.9 Å². The third kappa shape index (κ3) is 5.96. The van der Waals surface area contributed by atoms with Gasteiger partial charge in [0, 0.05) is 48.6 Å². The number of alkyl halides is 3. The summed E-state index contributed by atoms with van der Waals surface area (Å²) in [5.41, 5.74) is -0.840. The monoisotopic (exact) mass is 706 g/mol. The number of phenolic OH excluding ortho intramolecular Hbond substituents is 1. The molecule has 5 heterocycles. The number of anilines is 1. The lowest BCUT2D eigenvalue weighted by atomic mass is 9.95. The highest BCUT2D eigenvalue weighted by atomic mass is 19.4. The average molecular weight is 707 g/mol. The number of fused-ring (bicyclic) bond motifs is 3. The second-order valence-corrected chi connectivity index (χ2v) is 13.9. The molecule has 3 aliphatic heterocycles. The molecule has 2 saturated heterocycles. The van der Waals surface area contributed by atoms with Crippen molar-refractivity contribution in [2.45, 2.75) is 44.4 Å². The highest BCUT2D eigenvalue weighted by Crippen LogP contribution is 2.49. The van der Waals surface area contributed by atoms with Crippen molar-refractivity contribution in [2.75, 3.05) is 50.8 Å². The van der Waals surface area contributed by atoms with Gasteiger partial charge in [-0.15, -0.1) is 6.42 Å². The number of likely N-dealkylation sites (tertiary alicyclic amines) is 1. The van der Waals surface area contributed by atoms with E-state index in [0.29, 0.717) is 37.4 Å². The van der Waals surface area contributed by atoms with E-state index in [-0.39, 0.29) is 94.4 Å². The van der Waals surface area contributed by atoms with Crippen LogP contribution < -0.4 is 19.7 Å². The van der Waals surface area contributed by atoms with Gasteiger partial charge in [-0.05, 0) is 56.3 Å². The molecule has 2 N–H and O–H groups in total. The smallest absolute Gasteiger partial charge is 0.393 e. The van der Waals surface area contributed by atoms with Gasteiger partial charge >= 0.3 is 12.2 Å². The van der Waals surface area contributed by atoms with Crippen LogP contribution in [0.5, 0.6) is 17.6 Å². The first-order valence-corrected chi connectivity index (χ1v) is 17.0. The van der Waals surface area contributed by atoms with Crippen molar-refractivity contribution in [1.82, 2.24) is 25.2 Å². The maximum absolute atomic E-state index is 17.1. The van der Waals surface area contributed by atoms with Gasteiger partial charge in [-0.2, -0.15) is 23.1 Å². The molecule has 1 unspecified atom stereocenters. The molecule has 0 bridgehead atoms. The van der Waals surface area contributed by atoms with E-state index in [0.717, 1.165) is 12.8 Å². The largest absolute Gasteiger partial charge is 0.508 e. The van der Waals surface area contributed by atoms with E-state index in [1.54, 1.807) is 0 Å². The maximum Gasteiger partial charge on any atom is 0.393 e. The number of hydrogen-bond donors (Lipinski definition) is 2. The van der Waals surface area contributed by atoms with Crippen molar-refractivity contribution in [3.8, 4) is 41.2 Å². The van der Waals surface area contributed by atoms with E-state index in [9.17, 15) is 22.7 Å². The number of phenols is 1. The van der Waals surface area contributed by atoms with Gasteiger partial charge in [0.1, 0.15) is 40.6 Å². The lowest BCUT2D eigenvalue weighted by molar-refractivity contribution is -0.170. The molecule has 3 fully saturated rings. The van der Waals surface area contributed by atoms with Crippen LogP contribution in [0, 0.1) is 35.3 Å². The number of aromatic nitrogens is 3. The van der Waals surface area contributed by atoms with Gasteiger partial charge in [0.15, 0.2) is 5.82 Å². The fourth-order valence-electron chi connectivity index (χ4n) is 7.74. The van der Waals surface area contributed by atoms with Crippen molar-refractivity contribution in [1.29, 1.82) is 0 Å². The topological polar surface area (TPSA) is 95.9 Å². The summed E-state index contributed by atoms with van der Waals surface area (Å²) in [6.07, 6.45) is 7.04. The Morgan fingerprint density at radius 3 is 2.71 bits per heavy atom. The predicted octanol–water partition coefficient (Wildman–Crippen LogP) is 5.97. The van der Waals surface area contributed by atoms with E-state index in [2.05, 4.69) is 21.2 Å². The Morgan fingerprint density at radius 1 is 1.16 bits per heavy atom. The maximum atomic E-state index is 17.1. The van der Waals surface area contributed by atoms with Gasteiger partial charge in [0.05, 0.1) is 24.1 Å². The lowest BCUT2D eigenvalue weighted by Crippen LogP contribution is -2.59. The molecule has 0 radical (unpaired) electrons. The van der Waals surface area contributed by atoms with Crippen LogP contribution in [0.4, 0.5) is 27.8 Å². The second kappa shape index (κ2) is 12.5. The molecule has 1 saturated carbocycles. The summed E-state index contributed by atoms with van der Waals surface area (Å²) < 4.78 is 84.6. The van der Waals surface area contributed by atoms with Crippen molar-refractivity contribution in [2.24, 2.45) is 11.3 Å². The first kappa shape index (κ1) is 33.4. The molecule has 0 spiro atoms. The van der Waals surface area contributed by atoms with Crippen LogP contribution in [-0.2, 0) is 0 Å². The number of hydrogen-bond acceptors (Lipinski definition) is 9. The first-order valence-electron chi connectivity index (χ1n) is 17.0. The molecule has 8 rings (SSSR count). The van der Waals surface area contributed by atoms with E-state index in [4.69, 9.17) is 20.9 Å². The van der Waals surface area contributed by atoms with Crippen molar-refractivity contribution in [3.05, 3.63) is 53.6 Å². The summed E-state index contributed by atoms with van der Waals surface area (Å²) in [5.74, 6) is -0.338. The minimum atomic E-state index is -4.23. The third-order valence-corrected chi connectivity index (χ3v) is 10.5. The number of halogens is 5. The van der Waals surface area contributed by atoms with Gasteiger partial charge in [-0.3, -0.25) is 0 Å². The van der Waals surface area contributed by atoms with Crippen LogP contribution in [0.2, 0.25) is 0 Å². The number of ether oxygens (including phenoxy) is 2. The SMILES string of the molecule is C#Cc1c(F)ccc2cc(O)cc(-c3nc4c5c(nc(OCC6(CN7CC[C@@H](C(F)(F)F)C7)CC6)nc5c3F)N3CCNC(/C=C/C)[C@H]3CO4)c12. The van der Waals surface area contributed by atoms with Crippen molar-refractivity contribution >= 4 is 27.5 Å². The summed E-state index contributed by atoms with van der Waals surface area (Å²) >= 11 is 0. The number of nitrogens with one attached hydrogen (secondary N) is 1. The number of terminal acetylenes is 1. The van der Waals surface area contributed by atoms with Gasteiger partial charge in [-0.1, -0.05) is 24.1 Å². The van der Waals surface area contributed by atoms with Gasteiger partial charge in [0.2, 0.25) is 5.88 Å². The Balaban J connectivity index is 1.23. The molecule has 0 amide bonds. The normalized spacial score (nSPS) is 22.9. The Labute approximate surface area is 290 Å². The van der Waals surface area contributed by atoms with Crippen LogP contribution in [0.3, 0.4) is 0 Å². The van der Waals surface area contributed by atoms with Crippen LogP contribution >= 0.6 is 0 Å². The van der Waals surface area contributed by atoms with Crippen LogP contribution in [0.1, 0.15) is 31.7 Å². The summed E-state index contributed by atoms with van der Waals surface area (Å²) in [6, 6.07) is 4.80. The van der Waals surface area contributed by atoms with Crippen molar-refractivity contribution < 1.29 is 36.5 Å². The Kier molecular flexibility index (Phi) is 8.18. The first-order chi connectivity index (χ1) is 24.5. The summed E-state index contributed by atoms with van der Waals surface area (Å²) in [7, 11) is 0. The zero-order chi connectivity index (χ0) is 35.7. The molecule has 51 heavy (non-hydrogen) atoms. The minimum absolute atomic E-state index is 0.0432. The molecule has 2 aromatic heterocycles. The fraction of sp³-hybridized carbons (Fsp3) is 0.432. The Morgan fingerprint density at radius 2 is 1.98 bits per heavy atom. The zero-order valence-corrected chi connectivity index (χ0v) is 27.7. The van der Waals surface area contributed by atoms with E-state index >= 15 is 4.39 Å². The van der Waals surface area contributed by atoms with E-state index < -0.39 is 23.7 Å². The predicted molar refractivity (Wildman–Crippen MR) is 181 cm³/mol. The van der Waals surface area contributed by atoms with Crippen LogP contribution in [-0.4, -0.2) is 89.2 Å². The molecular formula is C37H35F5N6O3. The molecular weight excluding hydrogens is 671 g/mol. The van der Waals surface area contributed by atoms with E-state index in [1.165, 1.54) is 24.3 Å². The summed E-state index contributed by atoms with van der Waals surface area (Å²) in [4.78, 5) is 17.8. The number of allylic oxidation sites excluding steroid dienone is 1. The molecule has 3 atom stereocenters. The second-order valence-electron chi connectivity index (χ2n) is 13.9. The molecule has 14 heteroatoms. The van der Waals surface area contributed by atoms with Gasteiger partial charge < -0.3 is 29.7 Å². The molecule has 1 aliphatic carbocycles.